The number of nitrogens with one attached hydrogen (secondary N) is 1. The molecule has 0 fully saturated rings. The van der Waals surface area contributed by atoms with Crippen molar-refractivity contribution in [2.24, 2.45) is 5.92 Å². The Hall–Kier alpha value is -0.960. The molecule has 3 heteroatoms. The van der Waals surface area contributed by atoms with Crippen molar-refractivity contribution >= 4 is 0 Å². The maximum atomic E-state index is 4.55. The van der Waals surface area contributed by atoms with Gasteiger partial charge in [0.1, 0.15) is 5.82 Å². The van der Waals surface area contributed by atoms with Crippen molar-refractivity contribution < 1.29 is 0 Å². The molecule has 0 saturated carbocycles. The average molecular weight is 249 g/mol. The van der Waals surface area contributed by atoms with Crippen LogP contribution in [-0.2, 0) is 12.8 Å². The molecule has 1 aromatic rings. The SMILES string of the molecule is CCc1nc(C)c(CCCNCC(C)C)c(C)n1. The fourth-order valence-electron chi connectivity index (χ4n) is 2.11. The summed E-state index contributed by atoms with van der Waals surface area (Å²) in [5.74, 6) is 1.69. The van der Waals surface area contributed by atoms with E-state index in [1.807, 2.05) is 0 Å². The Balaban J connectivity index is 2.47. The van der Waals surface area contributed by atoms with Gasteiger partial charge in [-0.25, -0.2) is 9.97 Å². The Bertz CT molecular complexity index is 349. The highest BCUT2D eigenvalue weighted by atomic mass is 14.9. The molecule has 0 spiro atoms. The summed E-state index contributed by atoms with van der Waals surface area (Å²) in [6.07, 6.45) is 3.15. The van der Waals surface area contributed by atoms with E-state index in [2.05, 4.69) is 49.9 Å². The summed E-state index contributed by atoms with van der Waals surface area (Å²) in [6.45, 7) is 13.0. The molecule has 0 aliphatic rings. The fourth-order valence-corrected chi connectivity index (χ4v) is 2.11. The zero-order valence-corrected chi connectivity index (χ0v) is 12.5. The van der Waals surface area contributed by atoms with E-state index in [0.717, 1.165) is 55.5 Å². The van der Waals surface area contributed by atoms with Crippen LogP contribution in [0.3, 0.4) is 0 Å². The molecule has 0 aliphatic carbocycles. The molecule has 1 rings (SSSR count). The van der Waals surface area contributed by atoms with E-state index in [1.165, 1.54) is 5.56 Å². The minimum absolute atomic E-state index is 0.723. The highest BCUT2D eigenvalue weighted by molar-refractivity contribution is 5.24. The van der Waals surface area contributed by atoms with Crippen LogP contribution in [0, 0.1) is 19.8 Å². The number of hydrogen-bond acceptors (Lipinski definition) is 3. The number of aromatic nitrogens is 2. The number of aryl methyl sites for hydroxylation is 3. The molecule has 0 atom stereocenters. The van der Waals surface area contributed by atoms with Crippen molar-refractivity contribution in [2.45, 2.75) is 53.9 Å². The molecule has 0 aromatic carbocycles. The minimum Gasteiger partial charge on any atom is -0.316 e. The van der Waals surface area contributed by atoms with E-state index in [-0.39, 0.29) is 0 Å². The molecule has 0 unspecified atom stereocenters. The maximum absolute atomic E-state index is 4.55. The lowest BCUT2D eigenvalue weighted by Crippen LogP contribution is -2.21. The monoisotopic (exact) mass is 249 g/mol. The van der Waals surface area contributed by atoms with Gasteiger partial charge in [0.15, 0.2) is 0 Å². The summed E-state index contributed by atoms with van der Waals surface area (Å²) in [5.41, 5.74) is 3.64. The molecular weight excluding hydrogens is 222 g/mol. The van der Waals surface area contributed by atoms with Gasteiger partial charge in [-0.05, 0) is 51.3 Å². The summed E-state index contributed by atoms with van der Waals surface area (Å²) in [6, 6.07) is 0. The fraction of sp³-hybridized carbons (Fsp3) is 0.733. The average Bonchev–Trinajstić information content (AvgIpc) is 2.31. The lowest BCUT2D eigenvalue weighted by atomic mass is 10.1. The van der Waals surface area contributed by atoms with E-state index in [1.54, 1.807) is 0 Å². The van der Waals surface area contributed by atoms with Gasteiger partial charge in [-0.3, -0.25) is 0 Å². The number of rotatable bonds is 7. The molecule has 0 bridgehead atoms. The third-order valence-electron chi connectivity index (χ3n) is 3.12. The van der Waals surface area contributed by atoms with Gasteiger partial charge in [0.25, 0.3) is 0 Å². The van der Waals surface area contributed by atoms with Crippen LogP contribution in [0.2, 0.25) is 0 Å². The molecule has 1 N–H and O–H groups in total. The van der Waals surface area contributed by atoms with Crippen LogP contribution in [0.25, 0.3) is 0 Å². The largest absolute Gasteiger partial charge is 0.316 e. The van der Waals surface area contributed by atoms with Gasteiger partial charge in [-0.1, -0.05) is 20.8 Å². The van der Waals surface area contributed by atoms with Gasteiger partial charge in [-0.2, -0.15) is 0 Å². The summed E-state index contributed by atoms with van der Waals surface area (Å²) in [5, 5.41) is 3.48. The molecule has 0 amide bonds. The van der Waals surface area contributed by atoms with Gasteiger partial charge in [0.05, 0.1) is 0 Å². The van der Waals surface area contributed by atoms with Crippen LogP contribution in [0.5, 0.6) is 0 Å². The maximum Gasteiger partial charge on any atom is 0.128 e. The van der Waals surface area contributed by atoms with Gasteiger partial charge in [0, 0.05) is 17.8 Å². The van der Waals surface area contributed by atoms with E-state index < -0.39 is 0 Å². The Labute approximate surface area is 111 Å². The second-order valence-electron chi connectivity index (χ2n) is 5.34. The Morgan fingerprint density at radius 1 is 1.11 bits per heavy atom. The minimum atomic E-state index is 0.723. The molecule has 0 saturated heterocycles. The smallest absolute Gasteiger partial charge is 0.128 e. The Morgan fingerprint density at radius 2 is 1.72 bits per heavy atom. The zero-order chi connectivity index (χ0) is 13.5. The summed E-state index contributed by atoms with van der Waals surface area (Å²) >= 11 is 0. The first-order valence-electron chi connectivity index (χ1n) is 7.08. The molecule has 102 valence electrons. The molecule has 3 nitrogen and oxygen atoms in total. The second-order valence-corrected chi connectivity index (χ2v) is 5.34. The van der Waals surface area contributed by atoms with Crippen LogP contribution in [-0.4, -0.2) is 23.1 Å². The normalized spacial score (nSPS) is 11.2. The lowest BCUT2D eigenvalue weighted by molar-refractivity contribution is 0.542. The van der Waals surface area contributed by atoms with E-state index in [0.29, 0.717) is 0 Å². The van der Waals surface area contributed by atoms with E-state index in [4.69, 9.17) is 0 Å². The van der Waals surface area contributed by atoms with Gasteiger partial charge in [-0.15, -0.1) is 0 Å². The second kappa shape index (κ2) is 7.47. The van der Waals surface area contributed by atoms with Crippen molar-refractivity contribution in [3.8, 4) is 0 Å². The summed E-state index contributed by atoms with van der Waals surface area (Å²) in [7, 11) is 0. The first-order chi connectivity index (χ1) is 8.54. The quantitative estimate of drug-likeness (QED) is 0.755. The summed E-state index contributed by atoms with van der Waals surface area (Å²) < 4.78 is 0. The predicted octanol–water partition coefficient (Wildman–Crippen LogP) is 2.83. The lowest BCUT2D eigenvalue weighted by Gasteiger charge is -2.11. The first-order valence-corrected chi connectivity index (χ1v) is 7.08. The molecule has 1 heterocycles. The zero-order valence-electron chi connectivity index (χ0n) is 12.5. The number of nitrogens with zero attached hydrogens (tertiary/aromatic N) is 2. The molecule has 0 radical (unpaired) electrons. The topological polar surface area (TPSA) is 37.8 Å². The third kappa shape index (κ3) is 4.73. The van der Waals surface area contributed by atoms with Crippen molar-refractivity contribution in [2.75, 3.05) is 13.1 Å². The summed E-state index contributed by atoms with van der Waals surface area (Å²) in [4.78, 5) is 9.10. The Morgan fingerprint density at radius 3 is 2.22 bits per heavy atom. The van der Waals surface area contributed by atoms with Gasteiger partial charge >= 0.3 is 0 Å². The third-order valence-corrected chi connectivity index (χ3v) is 3.12. The predicted molar refractivity (Wildman–Crippen MR) is 76.9 cm³/mol. The van der Waals surface area contributed by atoms with Crippen LogP contribution < -0.4 is 5.32 Å². The number of hydrogen-bond donors (Lipinski definition) is 1. The van der Waals surface area contributed by atoms with E-state index in [9.17, 15) is 0 Å². The molecule has 1 aromatic heterocycles. The van der Waals surface area contributed by atoms with Gasteiger partial charge < -0.3 is 5.32 Å². The van der Waals surface area contributed by atoms with Crippen molar-refractivity contribution in [1.82, 2.24) is 15.3 Å². The van der Waals surface area contributed by atoms with Gasteiger partial charge in [0.2, 0.25) is 0 Å². The van der Waals surface area contributed by atoms with Crippen LogP contribution in [0.15, 0.2) is 0 Å². The molecule has 0 aliphatic heterocycles. The van der Waals surface area contributed by atoms with Crippen LogP contribution in [0.4, 0.5) is 0 Å². The van der Waals surface area contributed by atoms with Crippen LogP contribution >= 0.6 is 0 Å². The Kier molecular flexibility index (Phi) is 6.27. The molecule has 18 heavy (non-hydrogen) atoms. The standard InChI is InChI=1S/C15H27N3/c1-6-15-17-12(4)14(13(5)18-15)8-7-9-16-10-11(2)3/h11,16H,6-10H2,1-5H3. The van der Waals surface area contributed by atoms with Crippen LogP contribution in [0.1, 0.15) is 50.0 Å². The highest BCUT2D eigenvalue weighted by Gasteiger charge is 2.07. The molecular formula is C15H27N3. The van der Waals surface area contributed by atoms with Crippen molar-refractivity contribution in [3.05, 3.63) is 22.8 Å². The first kappa shape index (κ1) is 15.1. The van der Waals surface area contributed by atoms with Crippen molar-refractivity contribution in [3.63, 3.8) is 0 Å². The highest BCUT2D eigenvalue weighted by Crippen LogP contribution is 2.12. The van der Waals surface area contributed by atoms with E-state index >= 15 is 0 Å². The van der Waals surface area contributed by atoms with Crippen molar-refractivity contribution in [1.29, 1.82) is 0 Å².